The van der Waals surface area contributed by atoms with E-state index in [4.69, 9.17) is 15.3 Å². The number of hydrogen-bond donors (Lipinski definition) is 3. The summed E-state index contributed by atoms with van der Waals surface area (Å²) in [4.78, 5) is 19.4. The van der Waals surface area contributed by atoms with Crippen molar-refractivity contribution >= 4 is 25.4 Å². The summed E-state index contributed by atoms with van der Waals surface area (Å²) in [6.07, 6.45) is -2.54. The minimum atomic E-state index is -1.79. The minimum absolute atomic E-state index is 0. The van der Waals surface area contributed by atoms with Gasteiger partial charge in [0.25, 0.3) is 0 Å². The monoisotopic (exact) mass is 363 g/mol. The van der Waals surface area contributed by atoms with E-state index in [1.54, 1.807) is 0 Å². The first-order valence-electron chi connectivity index (χ1n) is 2.16. The van der Waals surface area contributed by atoms with Gasteiger partial charge in [-0.05, 0) is 0 Å². The van der Waals surface area contributed by atoms with Gasteiger partial charge in [0.1, 0.15) is 0 Å². The van der Waals surface area contributed by atoms with Crippen LogP contribution in [0.3, 0.4) is 0 Å². The average molecular weight is 363 g/mol. The molecule has 0 heterocycles. The van der Waals surface area contributed by atoms with E-state index in [1.165, 1.54) is 0 Å². The molecule has 3 N–H and O–H groups in total. The van der Waals surface area contributed by atoms with E-state index >= 15 is 0 Å². The number of carbonyl (C=O) groups is 2. The normalized spacial score (nSPS) is 10.3. The molecule has 0 aromatic heterocycles. The van der Waals surface area contributed by atoms with Crippen molar-refractivity contribution in [3.63, 3.8) is 0 Å². The van der Waals surface area contributed by atoms with Crippen LogP contribution in [0.2, 0.25) is 0 Å². The third kappa shape index (κ3) is 9.99. The zero-order valence-corrected chi connectivity index (χ0v) is 8.14. The fourth-order valence-corrected chi connectivity index (χ4v) is 0.253. The van der Waals surface area contributed by atoms with Crippen molar-refractivity contribution in [3.05, 3.63) is 0 Å². The summed E-state index contributed by atoms with van der Waals surface area (Å²) in [6.45, 7) is 0. The molecule has 0 fully saturated rings. The Morgan fingerprint density at radius 2 is 1.64 bits per heavy atom. The van der Waals surface area contributed by atoms with Crippen LogP contribution in [0.15, 0.2) is 0 Å². The van der Waals surface area contributed by atoms with Crippen molar-refractivity contribution in [2.24, 2.45) is 0 Å². The van der Waals surface area contributed by atoms with E-state index in [2.05, 4.69) is 0 Å². The van der Waals surface area contributed by atoms with Gasteiger partial charge in [0, 0.05) is 35.9 Å². The second-order valence-electron chi connectivity index (χ2n) is 1.45. The molecule has 1 unspecified atom stereocenters. The third-order valence-corrected chi connectivity index (χ3v) is 0.653. The molecule has 0 saturated carbocycles. The third-order valence-electron chi connectivity index (χ3n) is 0.653. The molecule has 0 aliphatic rings. The van der Waals surface area contributed by atoms with E-state index in [-0.39, 0.29) is 35.9 Å². The molecule has 0 aromatic carbocycles. The maximum Gasteiger partial charge on any atom is 0.333 e. The van der Waals surface area contributed by atoms with Crippen molar-refractivity contribution in [2.75, 3.05) is 0 Å². The minimum Gasteiger partial charge on any atom is -0.481 e. The van der Waals surface area contributed by atoms with E-state index in [0.29, 0.717) is 0 Å². The average Bonchev–Trinajstić information content (AvgIpc) is 1.63. The Balaban J connectivity index is -0.000000320. The van der Waals surface area contributed by atoms with Crippen LogP contribution in [-0.2, 0) is 32.0 Å². The number of aliphatic hydroxyl groups excluding tert-OH is 1. The number of aliphatic carboxylic acids is 2. The number of carboxylic acid groups (broad SMARTS) is 2. The van der Waals surface area contributed by atoms with E-state index < -0.39 is 24.5 Å². The van der Waals surface area contributed by atoms with Crippen LogP contribution in [0.1, 0.15) is 6.42 Å². The van der Waals surface area contributed by atoms with E-state index in [1.807, 2.05) is 0 Å². The van der Waals surface area contributed by atoms with Gasteiger partial charge in [-0.1, -0.05) is 0 Å². The quantitative estimate of drug-likeness (QED) is 0.591. The van der Waals surface area contributed by atoms with Crippen molar-refractivity contribution in [3.8, 4) is 0 Å². The number of carboxylic acids is 2. The zero-order chi connectivity index (χ0) is 7.44. The van der Waals surface area contributed by atoms with E-state index in [9.17, 15) is 9.59 Å². The molecule has 3 radical (unpaired) electrons. The van der Waals surface area contributed by atoms with Crippen molar-refractivity contribution in [1.82, 2.24) is 0 Å². The molecular formula is C4H6AuO5S. The van der Waals surface area contributed by atoms with Crippen LogP contribution < -0.4 is 0 Å². The van der Waals surface area contributed by atoms with Gasteiger partial charge in [-0.15, -0.1) is 0 Å². The van der Waals surface area contributed by atoms with Crippen molar-refractivity contribution < 1.29 is 47.3 Å². The Morgan fingerprint density at radius 3 is 1.73 bits per heavy atom. The molecule has 0 rings (SSSR count). The topological polar surface area (TPSA) is 94.8 Å². The molecule has 11 heavy (non-hydrogen) atoms. The number of aliphatic hydroxyl groups is 1. The van der Waals surface area contributed by atoms with Crippen LogP contribution >= 0.6 is 13.5 Å². The smallest absolute Gasteiger partial charge is 0.333 e. The zero-order valence-electron chi connectivity index (χ0n) is 5.15. The summed E-state index contributed by atoms with van der Waals surface area (Å²) < 4.78 is 0. The van der Waals surface area contributed by atoms with E-state index in [0.717, 1.165) is 0 Å². The Labute approximate surface area is 85.4 Å². The SMILES string of the molecule is O=C(O)CC(O)C(=O)O.[Au].[S]. The first-order chi connectivity index (χ1) is 4.04. The van der Waals surface area contributed by atoms with Gasteiger partial charge in [0.15, 0.2) is 6.10 Å². The van der Waals surface area contributed by atoms with Crippen LogP contribution in [0, 0.1) is 0 Å². The predicted molar refractivity (Wildman–Crippen MR) is 33.5 cm³/mol. The molecule has 69 valence electrons. The van der Waals surface area contributed by atoms with Crippen molar-refractivity contribution in [2.45, 2.75) is 12.5 Å². The Bertz CT molecular complexity index is 138. The van der Waals surface area contributed by atoms with Gasteiger partial charge < -0.3 is 15.3 Å². The summed E-state index contributed by atoms with van der Waals surface area (Å²) in [7, 11) is 0. The standard InChI is InChI=1S/C4H6O5.Au.S/c5-2(4(8)9)1-3(6)7;;/h2,5H,1H2,(H,6,7)(H,8,9);;. The first-order valence-corrected chi connectivity index (χ1v) is 2.16. The summed E-state index contributed by atoms with van der Waals surface area (Å²) in [6, 6.07) is 0. The van der Waals surface area contributed by atoms with Gasteiger partial charge in [0.05, 0.1) is 6.42 Å². The van der Waals surface area contributed by atoms with Gasteiger partial charge in [-0.25, -0.2) is 4.79 Å². The summed E-state index contributed by atoms with van der Waals surface area (Å²) in [5.41, 5.74) is 0. The van der Waals surface area contributed by atoms with Gasteiger partial charge >= 0.3 is 11.9 Å². The molecule has 0 bridgehead atoms. The van der Waals surface area contributed by atoms with Gasteiger partial charge in [-0.2, -0.15) is 0 Å². The molecule has 0 aromatic rings. The molecule has 7 heteroatoms. The predicted octanol–water partition coefficient (Wildman–Crippen LogP) is -0.448. The molecule has 1 atom stereocenters. The second-order valence-corrected chi connectivity index (χ2v) is 1.45. The van der Waals surface area contributed by atoms with Gasteiger partial charge in [0.2, 0.25) is 0 Å². The maximum absolute atomic E-state index is 9.72. The Morgan fingerprint density at radius 1 is 1.27 bits per heavy atom. The van der Waals surface area contributed by atoms with Gasteiger partial charge in [-0.3, -0.25) is 4.79 Å². The fraction of sp³-hybridized carbons (Fsp3) is 0.500. The largest absolute Gasteiger partial charge is 0.481 e. The second kappa shape index (κ2) is 8.09. The Kier molecular flexibility index (Phi) is 12.6. The molecule has 0 spiro atoms. The molecule has 0 amide bonds. The van der Waals surface area contributed by atoms with Crippen LogP contribution in [0.5, 0.6) is 0 Å². The van der Waals surface area contributed by atoms with Crippen LogP contribution in [0.25, 0.3) is 0 Å². The van der Waals surface area contributed by atoms with Crippen molar-refractivity contribution in [1.29, 1.82) is 0 Å². The summed E-state index contributed by atoms with van der Waals surface area (Å²) >= 11 is 0. The van der Waals surface area contributed by atoms with Crippen LogP contribution in [0.4, 0.5) is 0 Å². The molecule has 0 aliphatic carbocycles. The Hall–Kier alpha value is -0.00974. The molecule has 0 saturated heterocycles. The molecular weight excluding hydrogens is 357 g/mol. The summed E-state index contributed by atoms with van der Waals surface area (Å²) in [5, 5.41) is 24.1. The first kappa shape index (κ1) is 17.2. The van der Waals surface area contributed by atoms with Crippen LogP contribution in [-0.4, -0.2) is 33.4 Å². The molecule has 5 nitrogen and oxygen atoms in total. The summed E-state index contributed by atoms with van der Waals surface area (Å²) in [5.74, 6) is -2.85. The number of rotatable bonds is 3. The maximum atomic E-state index is 9.72. The molecule has 0 aliphatic heterocycles. The number of hydrogen-bond acceptors (Lipinski definition) is 3. The fourth-order valence-electron chi connectivity index (χ4n) is 0.253.